The zero-order chi connectivity index (χ0) is 19.5. The number of hydrogen-bond acceptors (Lipinski definition) is 3. The first-order valence-electron chi connectivity index (χ1n) is 8.79. The van der Waals surface area contributed by atoms with Crippen molar-refractivity contribution in [2.75, 3.05) is 0 Å². The van der Waals surface area contributed by atoms with Crippen LogP contribution >= 0.6 is 0 Å². The number of rotatable bonds is 5. The molecule has 2 heterocycles. The third-order valence-electron chi connectivity index (χ3n) is 4.48. The number of imidazole rings is 1. The first kappa shape index (κ1) is 17.7. The molecule has 2 N–H and O–H groups in total. The Hall–Kier alpha value is -3.74. The number of aromatic amines is 1. The van der Waals surface area contributed by atoms with Crippen LogP contribution in [0.5, 0.6) is 0 Å². The molecule has 4 aromatic rings. The summed E-state index contributed by atoms with van der Waals surface area (Å²) in [6, 6.07) is 15.4. The second-order valence-electron chi connectivity index (χ2n) is 6.33. The minimum atomic E-state index is -0.316. The summed E-state index contributed by atoms with van der Waals surface area (Å²) in [6.45, 7) is 2.29. The molecule has 0 aliphatic heterocycles. The van der Waals surface area contributed by atoms with Crippen LogP contribution in [0.1, 0.15) is 21.9 Å². The Morgan fingerprint density at radius 2 is 1.96 bits per heavy atom. The molecule has 140 valence electrons. The smallest absolute Gasteiger partial charge is 0.269 e. The molecule has 0 bridgehead atoms. The van der Waals surface area contributed by atoms with Gasteiger partial charge in [-0.3, -0.25) is 9.89 Å². The highest BCUT2D eigenvalue weighted by Crippen LogP contribution is 2.19. The SMILES string of the molecule is Cc1nccn1-c1ccccc1CNC(=O)c1cc(-c2ccc(F)cc2)n[nH]1. The van der Waals surface area contributed by atoms with Crippen LogP contribution < -0.4 is 5.32 Å². The Balaban J connectivity index is 1.49. The predicted octanol–water partition coefficient (Wildman–Crippen LogP) is 3.64. The van der Waals surface area contributed by atoms with E-state index in [2.05, 4.69) is 20.5 Å². The van der Waals surface area contributed by atoms with Crippen LogP contribution in [0.15, 0.2) is 67.0 Å². The molecule has 0 radical (unpaired) electrons. The Bertz CT molecular complexity index is 1110. The zero-order valence-corrected chi connectivity index (χ0v) is 15.2. The predicted molar refractivity (Wildman–Crippen MR) is 103 cm³/mol. The van der Waals surface area contributed by atoms with E-state index in [-0.39, 0.29) is 11.7 Å². The first-order chi connectivity index (χ1) is 13.6. The van der Waals surface area contributed by atoms with E-state index in [1.165, 1.54) is 12.1 Å². The molecule has 0 unspecified atom stereocenters. The minimum Gasteiger partial charge on any atom is -0.347 e. The largest absolute Gasteiger partial charge is 0.347 e. The van der Waals surface area contributed by atoms with E-state index < -0.39 is 0 Å². The summed E-state index contributed by atoms with van der Waals surface area (Å²) in [5.41, 5.74) is 3.59. The fraction of sp³-hybridized carbons (Fsp3) is 0.0952. The lowest BCUT2D eigenvalue weighted by atomic mass is 10.1. The average Bonchev–Trinajstić information content (AvgIpc) is 3.36. The maximum atomic E-state index is 13.1. The minimum absolute atomic E-state index is 0.266. The van der Waals surface area contributed by atoms with Crippen molar-refractivity contribution in [3.05, 3.63) is 89.9 Å². The normalized spacial score (nSPS) is 10.8. The Morgan fingerprint density at radius 1 is 1.18 bits per heavy atom. The lowest BCUT2D eigenvalue weighted by Crippen LogP contribution is -2.24. The van der Waals surface area contributed by atoms with E-state index in [1.807, 2.05) is 42.0 Å². The van der Waals surface area contributed by atoms with Crippen LogP contribution in [-0.2, 0) is 6.54 Å². The van der Waals surface area contributed by atoms with Gasteiger partial charge < -0.3 is 9.88 Å². The quantitative estimate of drug-likeness (QED) is 0.559. The van der Waals surface area contributed by atoms with Gasteiger partial charge in [0.15, 0.2) is 0 Å². The Labute approximate surface area is 161 Å². The fourth-order valence-corrected chi connectivity index (χ4v) is 3.01. The van der Waals surface area contributed by atoms with Gasteiger partial charge in [-0.2, -0.15) is 5.10 Å². The van der Waals surface area contributed by atoms with Gasteiger partial charge in [0.2, 0.25) is 0 Å². The summed E-state index contributed by atoms with van der Waals surface area (Å²) < 4.78 is 15.0. The number of para-hydroxylation sites is 1. The van der Waals surface area contributed by atoms with Crippen LogP contribution in [0.3, 0.4) is 0 Å². The van der Waals surface area contributed by atoms with Gasteiger partial charge in [-0.25, -0.2) is 9.37 Å². The van der Waals surface area contributed by atoms with E-state index in [9.17, 15) is 9.18 Å². The van der Waals surface area contributed by atoms with Crippen LogP contribution in [0.2, 0.25) is 0 Å². The van der Waals surface area contributed by atoms with Gasteiger partial charge in [0.25, 0.3) is 5.91 Å². The van der Waals surface area contributed by atoms with Crippen LogP contribution in [0, 0.1) is 12.7 Å². The summed E-state index contributed by atoms with van der Waals surface area (Å²) in [5, 5.41) is 9.78. The molecule has 0 saturated carbocycles. The topological polar surface area (TPSA) is 75.6 Å². The molecule has 2 aromatic carbocycles. The number of H-pyrrole nitrogens is 1. The molecule has 1 amide bonds. The lowest BCUT2D eigenvalue weighted by molar-refractivity contribution is 0.0946. The van der Waals surface area contributed by atoms with E-state index >= 15 is 0 Å². The molecule has 0 spiro atoms. The number of carbonyl (C=O) groups is 1. The van der Waals surface area contributed by atoms with E-state index in [4.69, 9.17) is 0 Å². The third-order valence-corrected chi connectivity index (χ3v) is 4.48. The number of aryl methyl sites for hydroxylation is 1. The van der Waals surface area contributed by atoms with Crippen molar-refractivity contribution in [3.63, 3.8) is 0 Å². The summed E-state index contributed by atoms with van der Waals surface area (Å²) in [4.78, 5) is 16.8. The van der Waals surface area contributed by atoms with Crippen LogP contribution in [0.4, 0.5) is 4.39 Å². The highest BCUT2D eigenvalue weighted by molar-refractivity contribution is 5.93. The number of amides is 1. The van der Waals surface area contributed by atoms with Crippen molar-refractivity contribution in [3.8, 4) is 16.9 Å². The number of nitrogens with zero attached hydrogens (tertiary/aromatic N) is 3. The molecule has 0 aliphatic carbocycles. The van der Waals surface area contributed by atoms with Gasteiger partial charge in [-0.1, -0.05) is 18.2 Å². The standard InChI is InChI=1S/C21H18FN5O/c1-14-23-10-11-27(14)20-5-3-2-4-16(20)13-24-21(28)19-12-18(25-26-19)15-6-8-17(22)9-7-15/h2-12H,13H2,1H3,(H,24,28)(H,25,26). The molecule has 0 atom stereocenters. The maximum Gasteiger partial charge on any atom is 0.269 e. The number of halogens is 1. The number of aromatic nitrogens is 4. The monoisotopic (exact) mass is 375 g/mol. The number of carbonyl (C=O) groups excluding carboxylic acids is 1. The second kappa shape index (κ2) is 7.48. The van der Waals surface area contributed by atoms with Crippen molar-refractivity contribution in [1.29, 1.82) is 0 Å². The highest BCUT2D eigenvalue weighted by Gasteiger charge is 2.13. The van der Waals surface area contributed by atoms with Crippen molar-refractivity contribution >= 4 is 5.91 Å². The van der Waals surface area contributed by atoms with Crippen LogP contribution in [0.25, 0.3) is 16.9 Å². The van der Waals surface area contributed by atoms with Gasteiger partial charge in [0.1, 0.15) is 17.3 Å². The molecule has 28 heavy (non-hydrogen) atoms. The zero-order valence-electron chi connectivity index (χ0n) is 15.2. The van der Waals surface area contributed by atoms with E-state index in [0.717, 1.165) is 22.6 Å². The van der Waals surface area contributed by atoms with Crippen molar-refractivity contribution in [1.82, 2.24) is 25.1 Å². The number of nitrogens with one attached hydrogen (secondary N) is 2. The van der Waals surface area contributed by atoms with Gasteiger partial charge in [-0.05, 0) is 48.9 Å². The molecule has 0 saturated heterocycles. The second-order valence-corrected chi connectivity index (χ2v) is 6.33. The van der Waals surface area contributed by atoms with Gasteiger partial charge in [0.05, 0.1) is 11.4 Å². The van der Waals surface area contributed by atoms with Gasteiger partial charge in [0, 0.05) is 24.5 Å². The molecule has 0 aliphatic rings. The molecule has 2 aromatic heterocycles. The summed E-state index contributed by atoms with van der Waals surface area (Å²) in [6.07, 6.45) is 3.63. The maximum absolute atomic E-state index is 13.1. The van der Waals surface area contributed by atoms with Gasteiger partial charge in [-0.15, -0.1) is 0 Å². The van der Waals surface area contributed by atoms with Crippen molar-refractivity contribution < 1.29 is 9.18 Å². The lowest BCUT2D eigenvalue weighted by Gasteiger charge is -2.12. The van der Waals surface area contributed by atoms with E-state index in [1.54, 1.807) is 24.4 Å². The molecule has 0 fully saturated rings. The molecular weight excluding hydrogens is 357 g/mol. The van der Waals surface area contributed by atoms with Crippen molar-refractivity contribution in [2.24, 2.45) is 0 Å². The van der Waals surface area contributed by atoms with Gasteiger partial charge >= 0.3 is 0 Å². The molecule has 4 rings (SSSR count). The molecule has 7 heteroatoms. The summed E-state index contributed by atoms with van der Waals surface area (Å²) in [5.74, 6) is 0.290. The highest BCUT2D eigenvalue weighted by atomic mass is 19.1. The number of hydrogen-bond donors (Lipinski definition) is 2. The molecule has 6 nitrogen and oxygen atoms in total. The van der Waals surface area contributed by atoms with Crippen LogP contribution in [-0.4, -0.2) is 25.7 Å². The van der Waals surface area contributed by atoms with E-state index in [0.29, 0.717) is 17.9 Å². The Kier molecular flexibility index (Phi) is 4.72. The summed E-state index contributed by atoms with van der Waals surface area (Å²) in [7, 11) is 0. The summed E-state index contributed by atoms with van der Waals surface area (Å²) >= 11 is 0. The fourth-order valence-electron chi connectivity index (χ4n) is 3.01. The Morgan fingerprint density at radius 3 is 2.71 bits per heavy atom. The first-order valence-corrected chi connectivity index (χ1v) is 8.79. The molecular formula is C21H18FN5O. The van der Waals surface area contributed by atoms with Crippen molar-refractivity contribution in [2.45, 2.75) is 13.5 Å². The number of benzene rings is 2. The third kappa shape index (κ3) is 3.55. The average molecular weight is 375 g/mol.